The lowest BCUT2D eigenvalue weighted by Crippen LogP contribution is -2.22. The van der Waals surface area contributed by atoms with E-state index in [1.54, 1.807) is 4.57 Å². The predicted molar refractivity (Wildman–Crippen MR) is 107 cm³/mol. The monoisotopic (exact) mass is 392 g/mol. The molecule has 2 aromatic carbocycles. The molecule has 0 bridgehead atoms. The standard InChI is InChI=1S/C18H17ClN2O2S2/c1-3-21-15-9-6-13(10-16(15)25-18(21)23)20-17(22)11(2)24-14-7-4-12(19)5-8-14/h4-11H,3H2,1-2H3,(H,20,22)/t11-/m0/s1. The fourth-order valence-electron chi connectivity index (χ4n) is 2.46. The molecule has 0 aliphatic carbocycles. The van der Waals surface area contributed by atoms with Gasteiger partial charge in [0.2, 0.25) is 5.91 Å². The summed E-state index contributed by atoms with van der Waals surface area (Å²) in [6.07, 6.45) is 0. The van der Waals surface area contributed by atoms with Crippen LogP contribution in [0.15, 0.2) is 52.2 Å². The molecule has 1 N–H and O–H groups in total. The van der Waals surface area contributed by atoms with Crippen molar-refractivity contribution in [3.05, 3.63) is 57.2 Å². The highest BCUT2D eigenvalue weighted by molar-refractivity contribution is 8.00. The van der Waals surface area contributed by atoms with Crippen LogP contribution in [0.1, 0.15) is 13.8 Å². The first-order valence-corrected chi connectivity index (χ1v) is 9.92. The van der Waals surface area contributed by atoms with Gasteiger partial charge in [-0.1, -0.05) is 22.9 Å². The van der Waals surface area contributed by atoms with Crippen LogP contribution >= 0.6 is 34.7 Å². The molecule has 0 fully saturated rings. The number of aryl methyl sites for hydroxylation is 1. The van der Waals surface area contributed by atoms with Crippen molar-refractivity contribution < 1.29 is 4.79 Å². The summed E-state index contributed by atoms with van der Waals surface area (Å²) < 4.78 is 2.60. The molecule has 1 amide bonds. The molecule has 0 unspecified atom stereocenters. The van der Waals surface area contributed by atoms with E-state index in [1.807, 2.05) is 56.3 Å². The second-order valence-corrected chi connectivity index (χ2v) is 8.34. The fraction of sp³-hybridized carbons (Fsp3) is 0.222. The Hall–Kier alpha value is -1.76. The van der Waals surface area contributed by atoms with Crippen molar-refractivity contribution in [3.63, 3.8) is 0 Å². The number of aromatic nitrogens is 1. The molecule has 0 radical (unpaired) electrons. The first-order chi connectivity index (χ1) is 12.0. The minimum atomic E-state index is -0.254. The number of carbonyl (C=O) groups is 1. The number of rotatable bonds is 5. The van der Waals surface area contributed by atoms with E-state index >= 15 is 0 Å². The van der Waals surface area contributed by atoms with Gasteiger partial charge in [0.25, 0.3) is 0 Å². The number of halogens is 1. The average Bonchev–Trinajstić information content (AvgIpc) is 2.91. The second-order valence-electron chi connectivity index (χ2n) is 5.50. The summed E-state index contributed by atoms with van der Waals surface area (Å²) in [5, 5.41) is 3.34. The number of carbonyl (C=O) groups excluding carboxylic acids is 1. The van der Waals surface area contributed by atoms with Crippen LogP contribution in [0.3, 0.4) is 0 Å². The van der Waals surface area contributed by atoms with Gasteiger partial charge in [-0.15, -0.1) is 11.8 Å². The molecule has 1 heterocycles. The smallest absolute Gasteiger partial charge is 0.308 e. The first kappa shape index (κ1) is 18.0. The summed E-state index contributed by atoms with van der Waals surface area (Å²) in [6.45, 7) is 4.44. The van der Waals surface area contributed by atoms with Crippen molar-refractivity contribution in [2.24, 2.45) is 0 Å². The highest BCUT2D eigenvalue weighted by atomic mass is 35.5. The summed E-state index contributed by atoms with van der Waals surface area (Å²) in [5.74, 6) is -0.0819. The predicted octanol–water partition coefficient (Wildman–Crippen LogP) is 4.86. The summed E-state index contributed by atoms with van der Waals surface area (Å²) in [6, 6.07) is 13.0. The normalized spacial score (nSPS) is 12.3. The van der Waals surface area contributed by atoms with Gasteiger partial charge in [0.05, 0.1) is 15.5 Å². The van der Waals surface area contributed by atoms with Crippen molar-refractivity contribution in [3.8, 4) is 0 Å². The minimum absolute atomic E-state index is 0.0210. The van der Waals surface area contributed by atoms with Gasteiger partial charge in [-0.2, -0.15) is 0 Å². The Bertz CT molecular complexity index is 963. The van der Waals surface area contributed by atoms with Crippen LogP contribution < -0.4 is 10.2 Å². The van der Waals surface area contributed by atoms with Gasteiger partial charge in [-0.25, -0.2) is 0 Å². The van der Waals surface area contributed by atoms with Crippen molar-refractivity contribution in [2.45, 2.75) is 30.5 Å². The Morgan fingerprint density at radius 1 is 1.28 bits per heavy atom. The molecular formula is C18H17ClN2O2S2. The number of thioether (sulfide) groups is 1. The lowest BCUT2D eigenvalue weighted by Gasteiger charge is -2.12. The molecule has 0 spiro atoms. The van der Waals surface area contributed by atoms with Gasteiger partial charge in [0, 0.05) is 22.2 Å². The number of benzene rings is 2. The van der Waals surface area contributed by atoms with Crippen LogP contribution in [0.4, 0.5) is 5.69 Å². The largest absolute Gasteiger partial charge is 0.325 e. The van der Waals surface area contributed by atoms with Gasteiger partial charge < -0.3 is 5.32 Å². The lowest BCUT2D eigenvalue weighted by atomic mass is 10.3. The number of hydrogen-bond acceptors (Lipinski definition) is 4. The Balaban J connectivity index is 1.72. The Morgan fingerprint density at radius 3 is 2.68 bits per heavy atom. The van der Waals surface area contributed by atoms with E-state index in [-0.39, 0.29) is 16.0 Å². The number of anilines is 1. The fourth-order valence-corrected chi connectivity index (χ4v) is 4.45. The van der Waals surface area contributed by atoms with E-state index in [4.69, 9.17) is 11.6 Å². The molecule has 3 aromatic rings. The van der Waals surface area contributed by atoms with Gasteiger partial charge in [-0.3, -0.25) is 14.2 Å². The molecule has 25 heavy (non-hydrogen) atoms. The highest BCUT2D eigenvalue weighted by Gasteiger charge is 2.15. The quantitative estimate of drug-likeness (QED) is 0.631. The molecule has 0 aliphatic rings. The van der Waals surface area contributed by atoms with E-state index in [0.717, 1.165) is 15.1 Å². The van der Waals surface area contributed by atoms with Crippen LogP contribution in [-0.2, 0) is 11.3 Å². The van der Waals surface area contributed by atoms with Gasteiger partial charge >= 0.3 is 4.87 Å². The highest BCUT2D eigenvalue weighted by Crippen LogP contribution is 2.26. The van der Waals surface area contributed by atoms with Crippen LogP contribution in [0.25, 0.3) is 10.2 Å². The average molecular weight is 393 g/mol. The van der Waals surface area contributed by atoms with Crippen molar-refractivity contribution in [2.75, 3.05) is 5.32 Å². The van der Waals surface area contributed by atoms with E-state index < -0.39 is 0 Å². The molecule has 1 aromatic heterocycles. The minimum Gasteiger partial charge on any atom is -0.325 e. The summed E-state index contributed by atoms with van der Waals surface area (Å²) in [4.78, 5) is 25.4. The third-order valence-corrected chi connectivity index (χ3v) is 6.05. The zero-order chi connectivity index (χ0) is 18.0. The Kier molecular flexibility index (Phi) is 5.51. The van der Waals surface area contributed by atoms with Crippen LogP contribution in [0.2, 0.25) is 5.02 Å². The van der Waals surface area contributed by atoms with Crippen molar-refractivity contribution >= 4 is 56.5 Å². The topological polar surface area (TPSA) is 51.1 Å². The van der Waals surface area contributed by atoms with E-state index in [1.165, 1.54) is 23.1 Å². The zero-order valence-corrected chi connectivity index (χ0v) is 16.2. The lowest BCUT2D eigenvalue weighted by molar-refractivity contribution is -0.115. The summed E-state index contributed by atoms with van der Waals surface area (Å²) in [5.41, 5.74) is 1.60. The van der Waals surface area contributed by atoms with Crippen LogP contribution in [0.5, 0.6) is 0 Å². The van der Waals surface area contributed by atoms with E-state index in [0.29, 0.717) is 17.3 Å². The Labute approximate surface area is 158 Å². The molecule has 0 saturated carbocycles. The molecule has 0 aliphatic heterocycles. The number of hydrogen-bond donors (Lipinski definition) is 1. The first-order valence-electron chi connectivity index (χ1n) is 7.84. The SMILES string of the molecule is CCn1c(=O)sc2cc(NC(=O)[C@H](C)Sc3ccc(Cl)cc3)ccc21. The molecule has 4 nitrogen and oxygen atoms in total. The second kappa shape index (κ2) is 7.64. The third kappa shape index (κ3) is 4.08. The zero-order valence-electron chi connectivity index (χ0n) is 13.8. The van der Waals surface area contributed by atoms with E-state index in [9.17, 15) is 9.59 Å². The van der Waals surface area contributed by atoms with Crippen molar-refractivity contribution in [1.82, 2.24) is 4.57 Å². The third-order valence-electron chi connectivity index (χ3n) is 3.75. The molecule has 130 valence electrons. The van der Waals surface area contributed by atoms with Gasteiger partial charge in [-0.05, 0) is 56.3 Å². The number of thiazole rings is 1. The maximum atomic E-state index is 12.4. The Morgan fingerprint density at radius 2 is 2.00 bits per heavy atom. The van der Waals surface area contributed by atoms with Crippen molar-refractivity contribution in [1.29, 1.82) is 0 Å². The maximum absolute atomic E-state index is 12.4. The number of nitrogens with one attached hydrogen (secondary N) is 1. The summed E-state index contributed by atoms with van der Waals surface area (Å²) >= 11 is 8.54. The van der Waals surface area contributed by atoms with E-state index in [2.05, 4.69) is 5.32 Å². The molecule has 3 rings (SSSR count). The van der Waals surface area contributed by atoms with Gasteiger partial charge in [0.1, 0.15) is 0 Å². The maximum Gasteiger partial charge on any atom is 0.308 e. The number of amides is 1. The molecule has 1 atom stereocenters. The van der Waals surface area contributed by atoms with Crippen LogP contribution in [0, 0.1) is 0 Å². The van der Waals surface area contributed by atoms with Gasteiger partial charge in [0.15, 0.2) is 0 Å². The molecule has 7 heteroatoms. The summed E-state index contributed by atoms with van der Waals surface area (Å²) in [7, 11) is 0. The number of nitrogens with zero attached hydrogens (tertiary/aromatic N) is 1. The molecular weight excluding hydrogens is 376 g/mol. The molecule has 0 saturated heterocycles. The number of fused-ring (bicyclic) bond motifs is 1. The van der Waals surface area contributed by atoms with Crippen LogP contribution in [-0.4, -0.2) is 15.7 Å².